The largest absolute Gasteiger partial charge is 0.378 e. The van der Waals surface area contributed by atoms with E-state index in [1.54, 1.807) is 7.11 Å². The van der Waals surface area contributed by atoms with Crippen molar-refractivity contribution in [3.63, 3.8) is 0 Å². The van der Waals surface area contributed by atoms with E-state index in [4.69, 9.17) is 4.74 Å². The number of ether oxygens (including phenoxy) is 1. The van der Waals surface area contributed by atoms with E-state index in [1.807, 2.05) is 18.5 Å². The fourth-order valence-corrected chi connectivity index (χ4v) is 4.64. The van der Waals surface area contributed by atoms with Crippen molar-refractivity contribution < 1.29 is 9.53 Å². The molecule has 2 atom stereocenters. The molecule has 1 aliphatic carbocycles. The molecule has 4 rings (SSSR count). The van der Waals surface area contributed by atoms with Crippen LogP contribution in [0.2, 0.25) is 0 Å². The summed E-state index contributed by atoms with van der Waals surface area (Å²) in [6.07, 6.45) is 8.71. The van der Waals surface area contributed by atoms with Crippen LogP contribution in [0.25, 0.3) is 0 Å². The Bertz CT molecular complexity index is 582. The Morgan fingerprint density at radius 1 is 1.42 bits per heavy atom. The molecule has 0 spiro atoms. The van der Waals surface area contributed by atoms with Crippen LogP contribution in [0.1, 0.15) is 37.7 Å². The van der Waals surface area contributed by atoms with Gasteiger partial charge in [0.1, 0.15) is 0 Å². The molecule has 1 aromatic heterocycles. The van der Waals surface area contributed by atoms with Gasteiger partial charge >= 0.3 is 0 Å². The molecule has 5 heteroatoms. The second-order valence-corrected chi connectivity index (χ2v) is 7.68. The van der Waals surface area contributed by atoms with Gasteiger partial charge in [0.15, 0.2) is 0 Å². The second-order valence-electron chi connectivity index (χ2n) is 7.68. The van der Waals surface area contributed by atoms with Gasteiger partial charge in [-0.25, -0.2) is 0 Å². The third-order valence-corrected chi connectivity index (χ3v) is 6.24. The number of fused-ring (bicyclic) bond motifs is 1. The van der Waals surface area contributed by atoms with E-state index >= 15 is 0 Å². The Morgan fingerprint density at radius 3 is 2.96 bits per heavy atom. The summed E-state index contributed by atoms with van der Waals surface area (Å²) in [7, 11) is 1.75. The minimum Gasteiger partial charge on any atom is -0.378 e. The molecule has 1 saturated carbocycles. The quantitative estimate of drug-likeness (QED) is 0.830. The van der Waals surface area contributed by atoms with Crippen LogP contribution in [0.4, 0.5) is 0 Å². The number of amides is 1. The Balaban J connectivity index is 1.36. The standard InChI is InChI=1S/C19H27N3O2/c1-24-19(6-3-7-19)10-18(23)22-9-5-16-13-21(14-17(16)22)12-15-4-2-8-20-11-15/h2,4,8,11,16-17H,3,5-7,9-10,12-14H2,1H3/t16-,17+/m0/s1. The normalized spacial score (nSPS) is 28.6. The molecule has 0 radical (unpaired) electrons. The molecule has 3 fully saturated rings. The fraction of sp³-hybridized carbons (Fsp3) is 0.684. The van der Waals surface area contributed by atoms with E-state index in [2.05, 4.69) is 20.9 Å². The van der Waals surface area contributed by atoms with Gasteiger partial charge in [-0.2, -0.15) is 0 Å². The molecular weight excluding hydrogens is 302 g/mol. The first kappa shape index (κ1) is 16.0. The van der Waals surface area contributed by atoms with Crippen molar-refractivity contribution in [3.8, 4) is 0 Å². The van der Waals surface area contributed by atoms with E-state index < -0.39 is 0 Å². The number of aromatic nitrogens is 1. The number of rotatable bonds is 5. The molecule has 0 unspecified atom stereocenters. The molecular formula is C19H27N3O2. The summed E-state index contributed by atoms with van der Waals surface area (Å²) in [4.78, 5) is 21.7. The van der Waals surface area contributed by atoms with Crippen LogP contribution in [0.5, 0.6) is 0 Å². The topological polar surface area (TPSA) is 45.7 Å². The van der Waals surface area contributed by atoms with Gasteiger partial charge in [-0.3, -0.25) is 14.7 Å². The summed E-state index contributed by atoms with van der Waals surface area (Å²) < 4.78 is 5.65. The summed E-state index contributed by atoms with van der Waals surface area (Å²) in [6.45, 7) is 3.95. The van der Waals surface area contributed by atoms with Crippen molar-refractivity contribution >= 4 is 5.91 Å². The van der Waals surface area contributed by atoms with Gasteiger partial charge in [0, 0.05) is 51.7 Å². The monoisotopic (exact) mass is 329 g/mol. The lowest BCUT2D eigenvalue weighted by molar-refractivity contribution is -0.145. The molecule has 3 heterocycles. The minimum atomic E-state index is -0.164. The molecule has 1 amide bonds. The lowest BCUT2D eigenvalue weighted by atomic mass is 9.77. The predicted molar refractivity (Wildman–Crippen MR) is 91.3 cm³/mol. The average molecular weight is 329 g/mol. The number of pyridine rings is 1. The van der Waals surface area contributed by atoms with Gasteiger partial charge in [0.25, 0.3) is 0 Å². The van der Waals surface area contributed by atoms with E-state index in [1.165, 1.54) is 12.0 Å². The number of hydrogen-bond acceptors (Lipinski definition) is 4. The Hall–Kier alpha value is -1.46. The van der Waals surface area contributed by atoms with Gasteiger partial charge in [-0.1, -0.05) is 6.07 Å². The van der Waals surface area contributed by atoms with E-state index in [0.717, 1.165) is 45.4 Å². The summed E-state index contributed by atoms with van der Waals surface area (Å²) in [5.74, 6) is 0.929. The maximum Gasteiger partial charge on any atom is 0.225 e. The molecule has 2 aliphatic heterocycles. The van der Waals surface area contributed by atoms with Crippen LogP contribution in [0.3, 0.4) is 0 Å². The minimum absolute atomic E-state index is 0.164. The van der Waals surface area contributed by atoms with Crippen molar-refractivity contribution in [3.05, 3.63) is 30.1 Å². The lowest BCUT2D eigenvalue weighted by Gasteiger charge is -2.41. The zero-order valence-electron chi connectivity index (χ0n) is 14.5. The van der Waals surface area contributed by atoms with Gasteiger partial charge in [0.05, 0.1) is 12.0 Å². The Morgan fingerprint density at radius 2 is 2.29 bits per heavy atom. The fourth-order valence-electron chi connectivity index (χ4n) is 4.64. The second kappa shape index (κ2) is 6.45. The van der Waals surface area contributed by atoms with Crippen molar-refractivity contribution in [2.75, 3.05) is 26.7 Å². The Labute approximate surface area is 144 Å². The summed E-state index contributed by atoms with van der Waals surface area (Å²) >= 11 is 0. The first-order valence-corrected chi connectivity index (χ1v) is 9.15. The highest BCUT2D eigenvalue weighted by Crippen LogP contribution is 2.40. The lowest BCUT2D eigenvalue weighted by Crippen LogP contribution is -2.47. The summed E-state index contributed by atoms with van der Waals surface area (Å²) in [6, 6.07) is 4.51. The zero-order chi connectivity index (χ0) is 16.6. The summed E-state index contributed by atoms with van der Waals surface area (Å²) in [5.41, 5.74) is 1.09. The molecule has 24 heavy (non-hydrogen) atoms. The Kier molecular flexibility index (Phi) is 4.31. The van der Waals surface area contributed by atoms with Crippen LogP contribution in [-0.4, -0.2) is 59.1 Å². The number of methoxy groups -OCH3 is 1. The highest BCUT2D eigenvalue weighted by Gasteiger charge is 2.46. The maximum absolute atomic E-state index is 12.8. The van der Waals surface area contributed by atoms with Gasteiger partial charge < -0.3 is 9.64 Å². The van der Waals surface area contributed by atoms with Crippen molar-refractivity contribution in [2.24, 2.45) is 5.92 Å². The predicted octanol–water partition coefficient (Wildman–Crippen LogP) is 2.07. The summed E-state index contributed by atoms with van der Waals surface area (Å²) in [5, 5.41) is 0. The SMILES string of the molecule is COC1(CC(=O)N2CC[C@H]3CN(Cc4cccnc4)C[C@H]32)CCC1. The third-order valence-electron chi connectivity index (χ3n) is 6.24. The van der Waals surface area contributed by atoms with Crippen molar-refractivity contribution in [2.45, 2.75) is 50.3 Å². The zero-order valence-corrected chi connectivity index (χ0v) is 14.5. The number of nitrogens with zero attached hydrogens (tertiary/aromatic N) is 3. The van der Waals surface area contributed by atoms with Crippen LogP contribution in [-0.2, 0) is 16.1 Å². The number of carbonyl (C=O) groups is 1. The van der Waals surface area contributed by atoms with E-state index in [-0.39, 0.29) is 5.60 Å². The average Bonchev–Trinajstić information content (AvgIpc) is 3.11. The molecule has 0 bridgehead atoms. The van der Waals surface area contributed by atoms with Crippen LogP contribution < -0.4 is 0 Å². The van der Waals surface area contributed by atoms with Crippen molar-refractivity contribution in [1.82, 2.24) is 14.8 Å². The molecule has 2 saturated heterocycles. The van der Waals surface area contributed by atoms with E-state index in [9.17, 15) is 4.79 Å². The first-order valence-electron chi connectivity index (χ1n) is 9.15. The highest BCUT2D eigenvalue weighted by molar-refractivity contribution is 5.78. The van der Waals surface area contributed by atoms with Crippen LogP contribution in [0.15, 0.2) is 24.5 Å². The first-order chi connectivity index (χ1) is 11.7. The van der Waals surface area contributed by atoms with Crippen molar-refractivity contribution in [1.29, 1.82) is 0 Å². The highest BCUT2D eigenvalue weighted by atomic mass is 16.5. The third kappa shape index (κ3) is 2.95. The van der Waals surface area contributed by atoms with Crippen LogP contribution in [0, 0.1) is 5.92 Å². The van der Waals surface area contributed by atoms with Gasteiger partial charge in [-0.15, -0.1) is 0 Å². The molecule has 1 aromatic rings. The number of hydrogen-bond donors (Lipinski definition) is 0. The molecule has 5 nitrogen and oxygen atoms in total. The van der Waals surface area contributed by atoms with Gasteiger partial charge in [0.2, 0.25) is 5.91 Å². The maximum atomic E-state index is 12.8. The molecule has 0 aromatic carbocycles. The molecule has 3 aliphatic rings. The molecule has 130 valence electrons. The number of carbonyl (C=O) groups excluding carboxylic acids is 1. The smallest absolute Gasteiger partial charge is 0.225 e. The molecule has 0 N–H and O–H groups in total. The van der Waals surface area contributed by atoms with E-state index in [0.29, 0.717) is 24.3 Å². The van der Waals surface area contributed by atoms with Gasteiger partial charge in [-0.05, 0) is 43.2 Å². The van der Waals surface area contributed by atoms with Crippen LogP contribution >= 0.6 is 0 Å². The number of likely N-dealkylation sites (tertiary alicyclic amines) is 2.